The van der Waals surface area contributed by atoms with Crippen LogP contribution in [0.3, 0.4) is 0 Å². The molecule has 4 rings (SSSR count). The van der Waals surface area contributed by atoms with Crippen LogP contribution in [-0.4, -0.2) is 27.8 Å². The van der Waals surface area contributed by atoms with Gasteiger partial charge in [0.15, 0.2) is 17.3 Å². The molecule has 1 amide bonds. The third-order valence-electron chi connectivity index (χ3n) is 4.07. The molecule has 0 bridgehead atoms. The van der Waals surface area contributed by atoms with Crippen molar-refractivity contribution in [3.63, 3.8) is 0 Å². The van der Waals surface area contributed by atoms with E-state index in [0.717, 1.165) is 16.3 Å². The van der Waals surface area contributed by atoms with Gasteiger partial charge < -0.3 is 19.3 Å². The zero-order chi connectivity index (χ0) is 19.7. The van der Waals surface area contributed by atoms with E-state index in [1.54, 1.807) is 0 Å². The topological polar surface area (TPSA) is 99.4 Å². The van der Waals surface area contributed by atoms with Crippen LogP contribution in [0.15, 0.2) is 28.1 Å². The van der Waals surface area contributed by atoms with Crippen LogP contribution in [0.5, 0.6) is 11.5 Å². The minimum Gasteiger partial charge on any atom is -0.454 e. The number of aromatic nitrogens is 3. The lowest BCUT2D eigenvalue weighted by Crippen LogP contribution is -2.25. The number of fused-ring (bicyclic) bond motifs is 1. The molecule has 1 aromatic carbocycles. The van der Waals surface area contributed by atoms with E-state index in [0.29, 0.717) is 23.2 Å². The Balaban J connectivity index is 1.35. The molecule has 9 heteroatoms. The summed E-state index contributed by atoms with van der Waals surface area (Å²) in [6, 6.07) is 5.69. The molecule has 1 N–H and O–H groups in total. The molecule has 0 fully saturated rings. The number of ether oxygens (including phenoxy) is 2. The molecular weight excluding hydrogens is 380 g/mol. The van der Waals surface area contributed by atoms with Gasteiger partial charge in [-0.2, -0.15) is 4.98 Å². The van der Waals surface area contributed by atoms with Crippen LogP contribution >= 0.6 is 11.3 Å². The SMILES string of the molecule is CC(C)(C)c1nc(CNC(=O)Cc2csc(-c3ccc4c(c3)OCO4)n2)no1. The zero-order valence-corrected chi connectivity index (χ0v) is 16.6. The van der Waals surface area contributed by atoms with Gasteiger partial charge in [-0.25, -0.2) is 4.98 Å². The fraction of sp³-hybridized carbons (Fsp3) is 0.368. The monoisotopic (exact) mass is 400 g/mol. The molecule has 1 aliphatic rings. The molecule has 0 radical (unpaired) electrons. The lowest BCUT2D eigenvalue weighted by atomic mass is 9.97. The first-order valence-corrected chi connectivity index (χ1v) is 9.70. The van der Waals surface area contributed by atoms with Crippen LogP contribution < -0.4 is 14.8 Å². The Bertz CT molecular complexity index is 1010. The molecule has 0 saturated heterocycles. The van der Waals surface area contributed by atoms with Crippen molar-refractivity contribution in [1.29, 1.82) is 0 Å². The van der Waals surface area contributed by atoms with Crippen molar-refractivity contribution >= 4 is 17.2 Å². The normalized spacial score (nSPS) is 13.0. The van der Waals surface area contributed by atoms with E-state index in [1.807, 2.05) is 44.4 Å². The van der Waals surface area contributed by atoms with Crippen molar-refractivity contribution in [3.8, 4) is 22.1 Å². The highest BCUT2D eigenvalue weighted by molar-refractivity contribution is 7.13. The van der Waals surface area contributed by atoms with E-state index < -0.39 is 0 Å². The van der Waals surface area contributed by atoms with Gasteiger partial charge in [0.1, 0.15) is 5.01 Å². The minimum absolute atomic E-state index is 0.148. The van der Waals surface area contributed by atoms with Gasteiger partial charge in [-0.05, 0) is 18.2 Å². The first kappa shape index (κ1) is 18.4. The van der Waals surface area contributed by atoms with Crippen LogP contribution in [0.4, 0.5) is 0 Å². The van der Waals surface area contributed by atoms with Crippen molar-refractivity contribution in [2.75, 3.05) is 6.79 Å². The van der Waals surface area contributed by atoms with E-state index in [4.69, 9.17) is 14.0 Å². The van der Waals surface area contributed by atoms with Crippen molar-refractivity contribution in [1.82, 2.24) is 20.4 Å². The van der Waals surface area contributed by atoms with Crippen LogP contribution in [0.1, 0.15) is 38.2 Å². The molecular formula is C19H20N4O4S. The van der Waals surface area contributed by atoms with Gasteiger partial charge >= 0.3 is 0 Å². The molecule has 0 spiro atoms. The van der Waals surface area contributed by atoms with Crippen LogP contribution in [-0.2, 0) is 23.2 Å². The average molecular weight is 400 g/mol. The van der Waals surface area contributed by atoms with Gasteiger partial charge in [0.05, 0.1) is 18.7 Å². The molecule has 3 heterocycles. The minimum atomic E-state index is -0.221. The molecule has 0 unspecified atom stereocenters. The van der Waals surface area contributed by atoms with Gasteiger partial charge in [0.25, 0.3) is 0 Å². The maximum atomic E-state index is 12.2. The van der Waals surface area contributed by atoms with Gasteiger partial charge in [0, 0.05) is 16.4 Å². The lowest BCUT2D eigenvalue weighted by Gasteiger charge is -2.10. The predicted molar refractivity (Wildman–Crippen MR) is 102 cm³/mol. The molecule has 3 aromatic rings. The summed E-state index contributed by atoms with van der Waals surface area (Å²) in [6.45, 7) is 6.42. The van der Waals surface area contributed by atoms with E-state index in [-0.39, 0.29) is 31.1 Å². The number of nitrogens with one attached hydrogen (secondary N) is 1. The van der Waals surface area contributed by atoms with Crippen molar-refractivity contribution in [2.45, 2.75) is 39.2 Å². The molecule has 8 nitrogen and oxygen atoms in total. The summed E-state index contributed by atoms with van der Waals surface area (Å²) in [7, 11) is 0. The van der Waals surface area contributed by atoms with E-state index in [9.17, 15) is 4.79 Å². The molecule has 28 heavy (non-hydrogen) atoms. The second kappa shape index (κ2) is 7.23. The van der Waals surface area contributed by atoms with Crippen molar-refractivity contribution in [3.05, 3.63) is 41.0 Å². The van der Waals surface area contributed by atoms with Crippen molar-refractivity contribution in [2.24, 2.45) is 0 Å². The Morgan fingerprint density at radius 1 is 1.21 bits per heavy atom. The van der Waals surface area contributed by atoms with Crippen LogP contribution in [0, 0.1) is 0 Å². The number of nitrogens with zero attached hydrogens (tertiary/aromatic N) is 3. The van der Waals surface area contributed by atoms with Gasteiger partial charge in [0.2, 0.25) is 18.6 Å². The summed E-state index contributed by atoms with van der Waals surface area (Å²) in [5, 5.41) is 9.41. The standard InChI is InChI=1S/C19H20N4O4S/c1-19(2,3)18-22-15(23-27-18)8-20-16(24)7-12-9-28-17(21-12)11-4-5-13-14(6-11)26-10-25-13/h4-6,9H,7-8,10H2,1-3H3,(H,20,24). The third-order valence-corrected chi connectivity index (χ3v) is 5.01. The fourth-order valence-corrected chi connectivity index (χ4v) is 3.40. The van der Waals surface area contributed by atoms with Gasteiger partial charge in [-0.3, -0.25) is 4.79 Å². The maximum Gasteiger partial charge on any atom is 0.232 e. The highest BCUT2D eigenvalue weighted by atomic mass is 32.1. The molecule has 2 aromatic heterocycles. The second-order valence-corrected chi connectivity index (χ2v) is 8.29. The summed E-state index contributed by atoms with van der Waals surface area (Å²) in [5.74, 6) is 2.30. The molecule has 0 saturated carbocycles. The van der Waals surface area contributed by atoms with Crippen LogP contribution in [0.2, 0.25) is 0 Å². The number of hydrogen-bond acceptors (Lipinski definition) is 8. The highest BCUT2D eigenvalue weighted by Gasteiger charge is 2.22. The molecule has 146 valence electrons. The summed E-state index contributed by atoms with van der Waals surface area (Å²) in [6.07, 6.45) is 0.186. The Morgan fingerprint density at radius 3 is 2.82 bits per heavy atom. The summed E-state index contributed by atoms with van der Waals surface area (Å²) >= 11 is 1.48. The number of carbonyl (C=O) groups is 1. The Morgan fingerprint density at radius 2 is 2.04 bits per heavy atom. The maximum absolute atomic E-state index is 12.2. The summed E-state index contributed by atoms with van der Waals surface area (Å²) < 4.78 is 15.9. The van der Waals surface area contributed by atoms with E-state index in [1.165, 1.54) is 11.3 Å². The largest absolute Gasteiger partial charge is 0.454 e. The average Bonchev–Trinajstić information content (AvgIpc) is 3.38. The molecule has 0 atom stereocenters. The first-order chi connectivity index (χ1) is 13.4. The highest BCUT2D eigenvalue weighted by Crippen LogP contribution is 2.36. The Labute approximate surface area is 165 Å². The number of rotatable bonds is 5. The number of thiazole rings is 1. The fourth-order valence-electron chi connectivity index (χ4n) is 2.59. The Hall–Kier alpha value is -2.94. The number of hydrogen-bond donors (Lipinski definition) is 1. The number of carbonyl (C=O) groups excluding carboxylic acids is 1. The Kier molecular flexibility index (Phi) is 4.76. The zero-order valence-electron chi connectivity index (χ0n) is 15.8. The number of amides is 1. The quantitative estimate of drug-likeness (QED) is 0.702. The second-order valence-electron chi connectivity index (χ2n) is 7.43. The summed E-state index contributed by atoms with van der Waals surface area (Å²) in [5.41, 5.74) is 1.42. The molecule has 1 aliphatic heterocycles. The van der Waals surface area contributed by atoms with Crippen molar-refractivity contribution < 1.29 is 18.8 Å². The molecule has 0 aliphatic carbocycles. The van der Waals surface area contributed by atoms with E-state index in [2.05, 4.69) is 20.4 Å². The van der Waals surface area contributed by atoms with E-state index >= 15 is 0 Å². The van der Waals surface area contributed by atoms with Gasteiger partial charge in [-0.1, -0.05) is 25.9 Å². The predicted octanol–water partition coefficient (Wildman–Crippen LogP) is 3.08. The smallest absolute Gasteiger partial charge is 0.232 e. The lowest BCUT2D eigenvalue weighted by molar-refractivity contribution is -0.120. The van der Waals surface area contributed by atoms with Gasteiger partial charge in [-0.15, -0.1) is 11.3 Å². The van der Waals surface area contributed by atoms with Crippen LogP contribution in [0.25, 0.3) is 10.6 Å². The summed E-state index contributed by atoms with van der Waals surface area (Å²) in [4.78, 5) is 21.1. The third kappa shape index (κ3) is 3.99. The first-order valence-electron chi connectivity index (χ1n) is 8.83. The number of benzene rings is 1.